The Balaban J connectivity index is 1.94. The summed E-state index contributed by atoms with van der Waals surface area (Å²) in [7, 11) is 1.68. The molecule has 1 fully saturated rings. The van der Waals surface area contributed by atoms with Gasteiger partial charge in [-0.25, -0.2) is 4.99 Å². The summed E-state index contributed by atoms with van der Waals surface area (Å²) in [5.41, 5.74) is 2.30. The van der Waals surface area contributed by atoms with Crippen LogP contribution < -0.4 is 10.6 Å². The van der Waals surface area contributed by atoms with Crippen molar-refractivity contribution in [3.8, 4) is 0 Å². The van der Waals surface area contributed by atoms with Gasteiger partial charge < -0.3 is 20.3 Å². The molecule has 6 heteroatoms. The highest BCUT2D eigenvalue weighted by Gasteiger charge is 2.19. The van der Waals surface area contributed by atoms with Gasteiger partial charge in [0.2, 0.25) is 5.91 Å². The summed E-state index contributed by atoms with van der Waals surface area (Å²) in [5, 5.41) is 6.45. The number of carbonyl (C=O) groups excluding carboxylic acids is 1. The van der Waals surface area contributed by atoms with Crippen molar-refractivity contribution in [2.75, 3.05) is 33.4 Å². The lowest BCUT2D eigenvalue weighted by Gasteiger charge is -2.16. The quantitative estimate of drug-likeness (QED) is 0.430. The molecule has 6 nitrogen and oxygen atoms in total. The molecule has 1 aromatic carbocycles. The predicted octanol–water partition coefficient (Wildman–Crippen LogP) is 1.51. The molecule has 0 radical (unpaired) electrons. The Bertz CT molecular complexity index is 560. The van der Waals surface area contributed by atoms with Crippen molar-refractivity contribution in [2.45, 2.75) is 32.9 Å². The molecule has 1 saturated heterocycles. The number of amides is 1. The fourth-order valence-corrected chi connectivity index (χ4v) is 2.70. The van der Waals surface area contributed by atoms with Crippen LogP contribution in [0.4, 0.5) is 0 Å². The zero-order valence-electron chi connectivity index (χ0n) is 14.7. The molecule has 0 spiro atoms. The Hall–Kier alpha value is -2.08. The molecule has 1 aliphatic rings. The molecule has 2 N–H and O–H groups in total. The van der Waals surface area contributed by atoms with Gasteiger partial charge in [0, 0.05) is 39.7 Å². The van der Waals surface area contributed by atoms with Crippen LogP contribution in [0.25, 0.3) is 0 Å². The first-order chi connectivity index (χ1) is 11.7. The van der Waals surface area contributed by atoms with Gasteiger partial charge in [-0.05, 0) is 24.5 Å². The van der Waals surface area contributed by atoms with E-state index in [2.05, 4.69) is 33.8 Å². The normalized spacial score (nSPS) is 15.0. The van der Waals surface area contributed by atoms with E-state index in [1.807, 2.05) is 17.9 Å². The van der Waals surface area contributed by atoms with E-state index < -0.39 is 0 Å². The zero-order valence-corrected chi connectivity index (χ0v) is 14.7. The van der Waals surface area contributed by atoms with Crippen LogP contribution in [0.3, 0.4) is 0 Å². The van der Waals surface area contributed by atoms with Gasteiger partial charge in [-0.3, -0.25) is 4.79 Å². The fourth-order valence-electron chi connectivity index (χ4n) is 2.70. The van der Waals surface area contributed by atoms with E-state index in [4.69, 9.17) is 4.74 Å². The van der Waals surface area contributed by atoms with Crippen molar-refractivity contribution >= 4 is 11.9 Å². The molecule has 1 aromatic rings. The number of carbonyl (C=O) groups is 1. The monoisotopic (exact) mass is 332 g/mol. The van der Waals surface area contributed by atoms with Crippen LogP contribution in [0.2, 0.25) is 0 Å². The molecule has 2 rings (SSSR count). The van der Waals surface area contributed by atoms with Gasteiger partial charge in [0.15, 0.2) is 5.96 Å². The van der Waals surface area contributed by atoms with Crippen molar-refractivity contribution in [3.63, 3.8) is 0 Å². The number of likely N-dealkylation sites (tertiary alicyclic amines) is 1. The molecule has 0 atom stereocenters. The van der Waals surface area contributed by atoms with Gasteiger partial charge in [0.1, 0.15) is 0 Å². The number of guanidine groups is 1. The molecular weight excluding hydrogens is 304 g/mol. The molecule has 0 bridgehead atoms. The Labute approximate surface area is 144 Å². The van der Waals surface area contributed by atoms with E-state index in [0.717, 1.165) is 43.1 Å². The van der Waals surface area contributed by atoms with Crippen LogP contribution in [0.1, 0.15) is 30.9 Å². The lowest BCUT2D eigenvalue weighted by molar-refractivity contribution is -0.128. The third-order valence-corrected chi connectivity index (χ3v) is 3.90. The van der Waals surface area contributed by atoms with Crippen molar-refractivity contribution in [2.24, 2.45) is 4.99 Å². The van der Waals surface area contributed by atoms with Crippen LogP contribution in [0.5, 0.6) is 0 Å². The summed E-state index contributed by atoms with van der Waals surface area (Å²) in [6.07, 6.45) is 1.66. The van der Waals surface area contributed by atoms with Gasteiger partial charge in [0.05, 0.1) is 13.2 Å². The fraction of sp³-hybridized carbons (Fsp3) is 0.556. The molecule has 132 valence electrons. The van der Waals surface area contributed by atoms with Gasteiger partial charge in [-0.15, -0.1) is 0 Å². The van der Waals surface area contributed by atoms with Crippen molar-refractivity contribution in [1.29, 1.82) is 0 Å². The third kappa shape index (κ3) is 5.85. The molecule has 1 amide bonds. The molecule has 1 heterocycles. The Morgan fingerprint density at radius 1 is 1.33 bits per heavy atom. The Morgan fingerprint density at radius 2 is 2.17 bits per heavy atom. The maximum Gasteiger partial charge on any atom is 0.222 e. The van der Waals surface area contributed by atoms with E-state index in [0.29, 0.717) is 26.1 Å². The minimum Gasteiger partial charge on any atom is -0.383 e. The molecular formula is C18H28N4O2. The molecule has 1 aliphatic heterocycles. The number of rotatable bonds is 8. The van der Waals surface area contributed by atoms with Gasteiger partial charge >= 0.3 is 0 Å². The Kier molecular flexibility index (Phi) is 7.55. The summed E-state index contributed by atoms with van der Waals surface area (Å²) >= 11 is 0. The Morgan fingerprint density at radius 3 is 2.88 bits per heavy atom. The van der Waals surface area contributed by atoms with Crippen LogP contribution in [-0.2, 0) is 22.6 Å². The number of methoxy groups -OCH3 is 1. The van der Waals surface area contributed by atoms with Crippen LogP contribution in [0.15, 0.2) is 29.3 Å². The van der Waals surface area contributed by atoms with Crippen LogP contribution in [0, 0.1) is 0 Å². The van der Waals surface area contributed by atoms with Crippen molar-refractivity contribution in [1.82, 2.24) is 15.5 Å². The number of benzene rings is 1. The number of nitrogens with one attached hydrogen (secondary N) is 2. The SMILES string of the molecule is CCNC(=NCc1cccc(CN2CCCC2=O)c1)NCCOC. The first-order valence-corrected chi connectivity index (χ1v) is 8.59. The minimum atomic E-state index is 0.259. The predicted molar refractivity (Wildman–Crippen MR) is 95.8 cm³/mol. The van der Waals surface area contributed by atoms with Gasteiger partial charge in [0.25, 0.3) is 0 Å². The summed E-state index contributed by atoms with van der Waals surface area (Å²) in [5.74, 6) is 1.05. The molecule has 0 aliphatic carbocycles. The second-order valence-corrected chi connectivity index (χ2v) is 5.85. The van der Waals surface area contributed by atoms with Gasteiger partial charge in [-0.1, -0.05) is 24.3 Å². The molecule has 0 unspecified atom stereocenters. The second-order valence-electron chi connectivity index (χ2n) is 5.85. The van der Waals surface area contributed by atoms with E-state index in [-0.39, 0.29) is 5.91 Å². The second kappa shape index (κ2) is 9.93. The first kappa shape index (κ1) is 18.3. The smallest absolute Gasteiger partial charge is 0.222 e. The van der Waals surface area contributed by atoms with Crippen LogP contribution >= 0.6 is 0 Å². The lowest BCUT2D eigenvalue weighted by atomic mass is 10.1. The first-order valence-electron chi connectivity index (χ1n) is 8.59. The summed E-state index contributed by atoms with van der Waals surface area (Å²) < 4.78 is 5.04. The highest BCUT2D eigenvalue weighted by Crippen LogP contribution is 2.15. The molecule has 0 saturated carbocycles. The standard InChI is InChI=1S/C18H28N4O2/c1-3-19-18(20-9-11-24-2)21-13-15-6-4-7-16(12-15)14-22-10-5-8-17(22)23/h4,6-7,12H,3,5,8-11,13-14H2,1-2H3,(H2,19,20,21). The number of nitrogens with zero attached hydrogens (tertiary/aromatic N) is 2. The van der Waals surface area contributed by atoms with Crippen molar-refractivity contribution < 1.29 is 9.53 Å². The summed E-state index contributed by atoms with van der Waals surface area (Å²) in [6, 6.07) is 8.30. The maximum absolute atomic E-state index is 11.8. The third-order valence-electron chi connectivity index (χ3n) is 3.90. The van der Waals surface area contributed by atoms with E-state index in [1.54, 1.807) is 7.11 Å². The average Bonchev–Trinajstić information content (AvgIpc) is 2.98. The van der Waals surface area contributed by atoms with E-state index in [9.17, 15) is 4.79 Å². The summed E-state index contributed by atoms with van der Waals surface area (Å²) in [6.45, 7) is 6.39. The number of ether oxygens (including phenoxy) is 1. The molecule has 0 aromatic heterocycles. The van der Waals surface area contributed by atoms with Crippen LogP contribution in [-0.4, -0.2) is 50.1 Å². The highest BCUT2D eigenvalue weighted by atomic mass is 16.5. The zero-order chi connectivity index (χ0) is 17.2. The summed E-state index contributed by atoms with van der Waals surface area (Å²) in [4.78, 5) is 18.3. The van der Waals surface area contributed by atoms with Crippen molar-refractivity contribution in [3.05, 3.63) is 35.4 Å². The maximum atomic E-state index is 11.8. The topological polar surface area (TPSA) is 66.0 Å². The molecule has 24 heavy (non-hydrogen) atoms. The minimum absolute atomic E-state index is 0.259. The number of hydrogen-bond acceptors (Lipinski definition) is 3. The van der Waals surface area contributed by atoms with E-state index >= 15 is 0 Å². The van der Waals surface area contributed by atoms with E-state index in [1.165, 1.54) is 0 Å². The average molecular weight is 332 g/mol. The highest BCUT2D eigenvalue weighted by molar-refractivity contribution is 5.79. The largest absolute Gasteiger partial charge is 0.383 e. The lowest BCUT2D eigenvalue weighted by Crippen LogP contribution is -2.38. The number of aliphatic imine (C=N–C) groups is 1. The van der Waals surface area contributed by atoms with Gasteiger partial charge in [-0.2, -0.15) is 0 Å². The number of hydrogen-bond donors (Lipinski definition) is 2.